The Morgan fingerprint density at radius 2 is 1.90 bits per heavy atom. The normalized spacial score (nSPS) is 10.4. The van der Waals surface area contributed by atoms with Gasteiger partial charge in [-0.3, -0.25) is 0 Å². The molecule has 2 nitrogen and oxygen atoms in total. The zero-order valence-electron chi connectivity index (χ0n) is 9.96. The molecule has 0 radical (unpaired) electrons. The first kappa shape index (κ1) is 15.6. The van der Waals surface area contributed by atoms with Gasteiger partial charge in [-0.15, -0.1) is 0 Å². The molecule has 1 aromatic heterocycles. The van der Waals surface area contributed by atoms with E-state index >= 15 is 0 Å². The zero-order valence-corrected chi connectivity index (χ0v) is 13.9. The van der Waals surface area contributed by atoms with Gasteiger partial charge in [-0.05, 0) is 46.3 Å². The van der Waals surface area contributed by atoms with Crippen LogP contribution in [0.5, 0.6) is 0 Å². The average Bonchev–Trinajstić information content (AvgIpc) is 2.32. The van der Waals surface area contributed by atoms with Crippen molar-refractivity contribution in [3.8, 4) is 0 Å². The van der Waals surface area contributed by atoms with Gasteiger partial charge in [-0.2, -0.15) is 0 Å². The Hall–Kier alpha value is -0.750. The second-order valence-corrected chi connectivity index (χ2v) is 6.12. The molecular weight excluding hydrogens is 386 g/mol. The predicted molar refractivity (Wildman–Crippen MR) is 88.3 cm³/mol. The number of anilines is 1. The second kappa shape index (κ2) is 6.80. The molecule has 0 unspecified atom stereocenters. The van der Waals surface area contributed by atoms with E-state index in [1.54, 1.807) is 18.2 Å². The SMILES string of the molecule is Fc1ccc(Br)nc1CC(=S)Nc1cc(Cl)cc(Cl)c1. The lowest BCUT2D eigenvalue weighted by molar-refractivity contribution is 0.605. The predicted octanol–water partition coefficient (Wildman–Crippen LogP) is 5.27. The van der Waals surface area contributed by atoms with E-state index in [2.05, 4.69) is 26.2 Å². The van der Waals surface area contributed by atoms with Gasteiger partial charge in [0.1, 0.15) is 10.4 Å². The van der Waals surface area contributed by atoms with Crippen molar-refractivity contribution < 1.29 is 4.39 Å². The van der Waals surface area contributed by atoms with Gasteiger partial charge in [0.25, 0.3) is 0 Å². The molecule has 0 aliphatic heterocycles. The topological polar surface area (TPSA) is 24.9 Å². The molecule has 0 bridgehead atoms. The number of aromatic nitrogens is 1. The van der Waals surface area contributed by atoms with Crippen molar-refractivity contribution in [1.29, 1.82) is 0 Å². The molecule has 0 saturated heterocycles. The summed E-state index contributed by atoms with van der Waals surface area (Å²) < 4.78 is 14.1. The largest absolute Gasteiger partial charge is 0.350 e. The van der Waals surface area contributed by atoms with Crippen LogP contribution in [0.1, 0.15) is 5.69 Å². The quantitative estimate of drug-likeness (QED) is 0.567. The highest BCUT2D eigenvalue weighted by atomic mass is 79.9. The van der Waals surface area contributed by atoms with Crippen LogP contribution >= 0.6 is 51.3 Å². The standard InChI is InChI=1S/C13H8BrCl2FN2S/c14-12-2-1-10(17)11(19-12)6-13(20)18-9-4-7(15)3-8(16)5-9/h1-5H,6H2,(H,18,20). The van der Waals surface area contributed by atoms with E-state index in [1.807, 2.05) is 0 Å². The molecule has 0 saturated carbocycles. The van der Waals surface area contributed by atoms with Gasteiger partial charge < -0.3 is 5.32 Å². The number of thiocarbonyl (C=S) groups is 1. The number of hydrogen-bond donors (Lipinski definition) is 1. The van der Waals surface area contributed by atoms with Crippen LogP contribution in [0.15, 0.2) is 34.9 Å². The van der Waals surface area contributed by atoms with Gasteiger partial charge in [0.2, 0.25) is 0 Å². The summed E-state index contributed by atoms with van der Waals surface area (Å²) in [7, 11) is 0. The molecule has 0 spiro atoms. The van der Waals surface area contributed by atoms with Gasteiger partial charge in [0, 0.05) is 22.2 Å². The lowest BCUT2D eigenvalue weighted by Gasteiger charge is -2.09. The highest BCUT2D eigenvalue weighted by Gasteiger charge is 2.08. The summed E-state index contributed by atoms with van der Waals surface area (Å²) in [6, 6.07) is 7.86. The van der Waals surface area contributed by atoms with Crippen molar-refractivity contribution in [2.75, 3.05) is 5.32 Å². The summed E-state index contributed by atoms with van der Waals surface area (Å²) >= 11 is 20.2. The maximum atomic E-state index is 13.6. The van der Waals surface area contributed by atoms with Gasteiger partial charge in [0.05, 0.1) is 10.7 Å². The first-order chi connectivity index (χ1) is 9.44. The van der Waals surface area contributed by atoms with E-state index < -0.39 is 5.82 Å². The van der Waals surface area contributed by atoms with Crippen molar-refractivity contribution in [2.45, 2.75) is 6.42 Å². The third-order valence-corrected chi connectivity index (χ3v) is 3.48. The van der Waals surface area contributed by atoms with E-state index in [-0.39, 0.29) is 12.1 Å². The minimum absolute atomic E-state index is 0.185. The number of hydrogen-bond acceptors (Lipinski definition) is 2. The summed E-state index contributed by atoms with van der Waals surface area (Å²) in [5, 5.41) is 3.95. The number of nitrogens with zero attached hydrogens (tertiary/aromatic N) is 1. The van der Waals surface area contributed by atoms with Crippen LogP contribution in [-0.2, 0) is 6.42 Å². The minimum Gasteiger partial charge on any atom is -0.350 e. The maximum Gasteiger partial charge on any atom is 0.145 e. The fourth-order valence-electron chi connectivity index (χ4n) is 1.56. The van der Waals surface area contributed by atoms with E-state index in [0.29, 0.717) is 25.3 Å². The summed E-state index contributed by atoms with van der Waals surface area (Å²) in [4.78, 5) is 4.48. The van der Waals surface area contributed by atoms with Crippen LogP contribution < -0.4 is 5.32 Å². The third-order valence-electron chi connectivity index (χ3n) is 2.36. The number of benzene rings is 1. The van der Waals surface area contributed by atoms with Crippen LogP contribution in [0.3, 0.4) is 0 Å². The van der Waals surface area contributed by atoms with Crippen LogP contribution in [0.25, 0.3) is 0 Å². The molecule has 0 amide bonds. The first-order valence-electron chi connectivity index (χ1n) is 5.51. The molecule has 0 atom stereocenters. The lowest BCUT2D eigenvalue weighted by Crippen LogP contribution is -2.14. The Morgan fingerprint density at radius 3 is 2.55 bits per heavy atom. The smallest absolute Gasteiger partial charge is 0.145 e. The summed E-state index contributed by atoms with van der Waals surface area (Å²) in [6.45, 7) is 0. The summed E-state index contributed by atoms with van der Waals surface area (Å²) in [6.07, 6.45) is 0.185. The minimum atomic E-state index is -0.401. The van der Waals surface area contributed by atoms with Gasteiger partial charge >= 0.3 is 0 Å². The number of halogens is 4. The Balaban J connectivity index is 2.11. The summed E-state index contributed by atoms with van der Waals surface area (Å²) in [5.74, 6) is -0.401. The lowest BCUT2D eigenvalue weighted by atomic mass is 10.2. The Labute approximate surface area is 139 Å². The molecule has 2 aromatic rings. The molecule has 1 aromatic carbocycles. The maximum absolute atomic E-state index is 13.6. The van der Waals surface area contributed by atoms with E-state index in [1.165, 1.54) is 12.1 Å². The fraction of sp³-hybridized carbons (Fsp3) is 0.0769. The third kappa shape index (κ3) is 4.38. The Bertz CT molecular complexity index is 647. The van der Waals surface area contributed by atoms with Gasteiger partial charge in [-0.25, -0.2) is 9.37 Å². The van der Waals surface area contributed by atoms with E-state index in [0.717, 1.165) is 0 Å². The number of nitrogens with one attached hydrogen (secondary N) is 1. The van der Waals surface area contributed by atoms with Crippen molar-refractivity contribution in [3.63, 3.8) is 0 Å². The molecule has 0 fully saturated rings. The van der Waals surface area contributed by atoms with Gasteiger partial charge in [-0.1, -0.05) is 35.4 Å². The first-order valence-corrected chi connectivity index (χ1v) is 7.46. The molecule has 1 N–H and O–H groups in total. The summed E-state index contributed by atoms with van der Waals surface area (Å²) in [5.41, 5.74) is 0.924. The van der Waals surface area contributed by atoms with E-state index in [4.69, 9.17) is 35.4 Å². The van der Waals surface area contributed by atoms with Crippen molar-refractivity contribution in [2.24, 2.45) is 0 Å². The van der Waals surface area contributed by atoms with E-state index in [9.17, 15) is 4.39 Å². The zero-order chi connectivity index (χ0) is 14.7. The molecule has 1 heterocycles. The molecule has 20 heavy (non-hydrogen) atoms. The van der Waals surface area contributed by atoms with Crippen LogP contribution in [-0.4, -0.2) is 9.97 Å². The van der Waals surface area contributed by atoms with Crippen LogP contribution in [0.4, 0.5) is 10.1 Å². The highest BCUT2D eigenvalue weighted by Crippen LogP contribution is 2.23. The second-order valence-electron chi connectivity index (χ2n) is 3.95. The monoisotopic (exact) mass is 392 g/mol. The fourth-order valence-corrected chi connectivity index (χ4v) is 2.69. The Kier molecular flexibility index (Phi) is 5.32. The number of rotatable bonds is 3. The van der Waals surface area contributed by atoms with Crippen molar-refractivity contribution in [1.82, 2.24) is 4.98 Å². The molecule has 0 aliphatic carbocycles. The van der Waals surface area contributed by atoms with Crippen molar-refractivity contribution >= 4 is 62.0 Å². The van der Waals surface area contributed by atoms with Gasteiger partial charge in [0.15, 0.2) is 0 Å². The highest BCUT2D eigenvalue weighted by molar-refractivity contribution is 9.10. The molecule has 0 aliphatic rings. The molecule has 7 heteroatoms. The molecule has 104 valence electrons. The Morgan fingerprint density at radius 1 is 1.25 bits per heavy atom. The number of pyridine rings is 1. The van der Waals surface area contributed by atoms with Crippen LogP contribution in [0, 0.1) is 5.82 Å². The van der Waals surface area contributed by atoms with Crippen molar-refractivity contribution in [3.05, 3.63) is 56.5 Å². The average molecular weight is 394 g/mol. The molecule has 2 rings (SSSR count). The van der Waals surface area contributed by atoms with Crippen LogP contribution in [0.2, 0.25) is 10.0 Å². The molecular formula is C13H8BrCl2FN2S.